The van der Waals surface area contributed by atoms with Crippen LogP contribution < -0.4 is 9.64 Å². The number of hydrogen-bond donors (Lipinski definition) is 0. The van der Waals surface area contributed by atoms with Gasteiger partial charge in [-0.3, -0.25) is 9.69 Å². The van der Waals surface area contributed by atoms with E-state index in [0.717, 1.165) is 23.2 Å². The molecule has 0 radical (unpaired) electrons. The molecule has 0 aliphatic carbocycles. The number of methoxy groups -OCH3 is 1. The minimum Gasteiger partial charge on any atom is -0.494 e. The highest BCUT2D eigenvalue weighted by Crippen LogP contribution is 2.34. The minimum atomic E-state index is -0.241. The summed E-state index contributed by atoms with van der Waals surface area (Å²) >= 11 is 1.46. The number of carbonyl (C=O) groups excluding carboxylic acids is 1. The van der Waals surface area contributed by atoms with Gasteiger partial charge in [0.1, 0.15) is 11.3 Å². The maximum absolute atomic E-state index is 12.8. The van der Waals surface area contributed by atoms with Gasteiger partial charge in [0.25, 0.3) is 5.91 Å². The molecule has 0 saturated heterocycles. The molecule has 3 aromatic rings. The van der Waals surface area contributed by atoms with Crippen LogP contribution in [0.5, 0.6) is 5.75 Å². The first-order chi connectivity index (χ1) is 12.1. The Labute approximate surface area is 149 Å². The number of aromatic nitrogens is 2. The van der Waals surface area contributed by atoms with Gasteiger partial charge >= 0.3 is 0 Å². The van der Waals surface area contributed by atoms with Gasteiger partial charge in [-0.05, 0) is 39.2 Å². The maximum atomic E-state index is 12.8. The van der Waals surface area contributed by atoms with Crippen LogP contribution in [0, 0.1) is 0 Å². The molecule has 0 N–H and O–H groups in total. The summed E-state index contributed by atoms with van der Waals surface area (Å²) in [6.45, 7) is 1.41. The van der Waals surface area contributed by atoms with Crippen LogP contribution in [0.25, 0.3) is 10.2 Å². The molecule has 0 unspecified atom stereocenters. The number of rotatable bonds is 7. The van der Waals surface area contributed by atoms with Gasteiger partial charge in [-0.15, -0.1) is 0 Å². The van der Waals surface area contributed by atoms with Crippen molar-refractivity contribution >= 4 is 32.6 Å². The monoisotopic (exact) mass is 360 g/mol. The van der Waals surface area contributed by atoms with Crippen molar-refractivity contribution in [2.24, 2.45) is 0 Å². The molecule has 0 spiro atoms. The number of amides is 1. The van der Waals surface area contributed by atoms with Crippen LogP contribution in [0.2, 0.25) is 0 Å². The van der Waals surface area contributed by atoms with Crippen LogP contribution in [-0.4, -0.2) is 55.2 Å². The lowest BCUT2D eigenvalue weighted by Gasteiger charge is -2.19. The standard InChI is InChI=1S/C17H20N4O3S/c1-20(2)10-5-11-21(16(22)13-8-9-18-24-13)17-19-15-12(23-3)6-4-7-14(15)25-17/h4,6-9H,5,10-11H2,1-3H3. The number of thiazole rings is 1. The first-order valence-corrected chi connectivity index (χ1v) is 8.72. The van der Waals surface area contributed by atoms with Crippen LogP contribution in [-0.2, 0) is 0 Å². The van der Waals surface area contributed by atoms with E-state index in [1.165, 1.54) is 17.5 Å². The SMILES string of the molecule is COc1cccc2sc(N(CCCN(C)C)C(=O)c3ccno3)nc12. The van der Waals surface area contributed by atoms with E-state index < -0.39 is 0 Å². The van der Waals surface area contributed by atoms with Crippen LogP contribution >= 0.6 is 11.3 Å². The second kappa shape index (κ2) is 7.62. The maximum Gasteiger partial charge on any atom is 0.298 e. The molecule has 0 aliphatic rings. The third-order valence-electron chi connectivity index (χ3n) is 3.70. The van der Waals surface area contributed by atoms with E-state index in [1.54, 1.807) is 18.1 Å². The van der Waals surface area contributed by atoms with Crippen molar-refractivity contribution in [1.29, 1.82) is 0 Å². The van der Waals surface area contributed by atoms with Crippen LogP contribution in [0.4, 0.5) is 5.13 Å². The Balaban J connectivity index is 1.94. The van der Waals surface area contributed by atoms with E-state index in [1.807, 2.05) is 32.3 Å². The van der Waals surface area contributed by atoms with Crippen molar-refractivity contribution < 1.29 is 14.1 Å². The molecule has 0 atom stereocenters. The van der Waals surface area contributed by atoms with Crippen LogP contribution in [0.15, 0.2) is 35.0 Å². The molecule has 8 heteroatoms. The molecule has 0 aliphatic heterocycles. The molecule has 1 amide bonds. The van der Waals surface area contributed by atoms with Crippen LogP contribution in [0.1, 0.15) is 17.0 Å². The van der Waals surface area contributed by atoms with Crippen molar-refractivity contribution in [3.8, 4) is 5.75 Å². The molecule has 132 valence electrons. The van der Waals surface area contributed by atoms with Gasteiger partial charge in [-0.1, -0.05) is 22.6 Å². The van der Waals surface area contributed by atoms with Crippen LogP contribution in [0.3, 0.4) is 0 Å². The normalized spacial score (nSPS) is 11.2. The number of fused-ring (bicyclic) bond motifs is 1. The van der Waals surface area contributed by atoms with E-state index in [2.05, 4.69) is 15.0 Å². The Morgan fingerprint density at radius 2 is 2.12 bits per heavy atom. The second-order valence-electron chi connectivity index (χ2n) is 5.79. The summed E-state index contributed by atoms with van der Waals surface area (Å²) in [7, 11) is 5.62. The number of ether oxygens (including phenoxy) is 1. The number of carbonyl (C=O) groups is 1. The third-order valence-corrected chi connectivity index (χ3v) is 4.75. The summed E-state index contributed by atoms with van der Waals surface area (Å²) in [4.78, 5) is 21.2. The summed E-state index contributed by atoms with van der Waals surface area (Å²) in [6, 6.07) is 7.31. The highest BCUT2D eigenvalue weighted by Gasteiger charge is 2.24. The molecule has 2 heterocycles. The smallest absolute Gasteiger partial charge is 0.298 e. The second-order valence-corrected chi connectivity index (χ2v) is 6.80. The average molecular weight is 360 g/mol. The quantitative estimate of drug-likeness (QED) is 0.645. The van der Waals surface area contributed by atoms with Gasteiger partial charge < -0.3 is 14.2 Å². The van der Waals surface area contributed by atoms with Gasteiger partial charge in [0.2, 0.25) is 5.76 Å². The minimum absolute atomic E-state index is 0.205. The molecule has 0 bridgehead atoms. The summed E-state index contributed by atoms with van der Waals surface area (Å²) < 4.78 is 11.4. The van der Waals surface area contributed by atoms with E-state index in [9.17, 15) is 4.79 Å². The summed E-state index contributed by atoms with van der Waals surface area (Å²) in [5, 5.41) is 4.25. The topological polar surface area (TPSA) is 71.7 Å². The Morgan fingerprint density at radius 3 is 2.80 bits per heavy atom. The predicted molar refractivity (Wildman–Crippen MR) is 97.5 cm³/mol. The Kier molecular flexibility index (Phi) is 5.30. The molecule has 0 fully saturated rings. The van der Waals surface area contributed by atoms with Gasteiger partial charge in [-0.2, -0.15) is 0 Å². The molecule has 7 nitrogen and oxygen atoms in total. The summed E-state index contributed by atoms with van der Waals surface area (Å²) in [5.74, 6) is 0.658. The summed E-state index contributed by atoms with van der Waals surface area (Å²) in [5.41, 5.74) is 0.757. The van der Waals surface area contributed by atoms with Gasteiger partial charge in [-0.25, -0.2) is 4.98 Å². The zero-order valence-corrected chi connectivity index (χ0v) is 15.2. The van der Waals surface area contributed by atoms with Crippen molar-refractivity contribution in [1.82, 2.24) is 15.0 Å². The van der Waals surface area contributed by atoms with Crippen molar-refractivity contribution in [3.63, 3.8) is 0 Å². The molecular weight excluding hydrogens is 340 g/mol. The van der Waals surface area contributed by atoms with Crippen molar-refractivity contribution in [2.75, 3.05) is 39.2 Å². The molecule has 0 saturated carbocycles. The van der Waals surface area contributed by atoms with Gasteiger partial charge in [0, 0.05) is 12.6 Å². The largest absolute Gasteiger partial charge is 0.494 e. The highest BCUT2D eigenvalue weighted by atomic mass is 32.1. The van der Waals surface area contributed by atoms with E-state index in [0.29, 0.717) is 17.4 Å². The van der Waals surface area contributed by atoms with Gasteiger partial charge in [0.15, 0.2) is 5.13 Å². The van der Waals surface area contributed by atoms with Crippen molar-refractivity contribution in [2.45, 2.75) is 6.42 Å². The third kappa shape index (κ3) is 3.80. The molecule has 1 aromatic carbocycles. The average Bonchev–Trinajstić information content (AvgIpc) is 3.26. The van der Waals surface area contributed by atoms with Crippen molar-refractivity contribution in [3.05, 3.63) is 36.2 Å². The number of nitrogens with zero attached hydrogens (tertiary/aromatic N) is 4. The van der Waals surface area contributed by atoms with E-state index in [4.69, 9.17) is 9.26 Å². The highest BCUT2D eigenvalue weighted by molar-refractivity contribution is 7.22. The Morgan fingerprint density at radius 1 is 1.28 bits per heavy atom. The molecular formula is C17H20N4O3S. The molecule has 2 aromatic heterocycles. The lowest BCUT2D eigenvalue weighted by molar-refractivity contribution is 0.0950. The number of hydrogen-bond acceptors (Lipinski definition) is 7. The molecule has 3 rings (SSSR count). The fourth-order valence-corrected chi connectivity index (χ4v) is 3.49. The fraction of sp³-hybridized carbons (Fsp3) is 0.353. The summed E-state index contributed by atoms with van der Waals surface area (Å²) in [6.07, 6.45) is 2.28. The zero-order valence-electron chi connectivity index (χ0n) is 14.4. The van der Waals surface area contributed by atoms with E-state index in [-0.39, 0.29) is 11.7 Å². The first kappa shape index (κ1) is 17.4. The fourth-order valence-electron chi connectivity index (χ4n) is 2.48. The first-order valence-electron chi connectivity index (χ1n) is 7.91. The van der Waals surface area contributed by atoms with E-state index >= 15 is 0 Å². The molecule has 25 heavy (non-hydrogen) atoms. The Hall–Kier alpha value is -2.45. The lowest BCUT2D eigenvalue weighted by Crippen LogP contribution is -2.33. The Bertz CT molecular complexity index is 845. The number of benzene rings is 1. The number of anilines is 1. The predicted octanol–water partition coefficient (Wildman–Crippen LogP) is 2.89. The zero-order chi connectivity index (χ0) is 17.8. The van der Waals surface area contributed by atoms with Gasteiger partial charge in [0.05, 0.1) is 18.0 Å². The lowest BCUT2D eigenvalue weighted by atomic mass is 10.3. The number of para-hydroxylation sites is 1.